The maximum absolute atomic E-state index is 4.92. The second kappa shape index (κ2) is 10.9. The summed E-state index contributed by atoms with van der Waals surface area (Å²) in [6.45, 7) is 16.1. The molecule has 6 nitrogen and oxygen atoms in total. The van der Waals surface area contributed by atoms with Gasteiger partial charge in [-0.25, -0.2) is 0 Å². The number of likely N-dealkylation sites (tertiary alicyclic amines) is 1. The second-order valence-corrected chi connectivity index (χ2v) is 7.47. The fourth-order valence-corrected chi connectivity index (χ4v) is 4.22. The molecule has 4 saturated heterocycles. The number of rotatable bonds is 6. The van der Waals surface area contributed by atoms with Crippen LogP contribution in [-0.2, 0) is 0 Å². The first-order chi connectivity index (χ1) is 11.8. The average Bonchev–Trinajstić information content (AvgIpc) is 2.63. The molecule has 7 heteroatoms. The lowest BCUT2D eigenvalue weighted by atomic mass is 10.1. The predicted molar refractivity (Wildman–Crippen MR) is 116 cm³/mol. The highest BCUT2D eigenvalue weighted by Crippen LogP contribution is 2.16. The van der Waals surface area contributed by atoms with Crippen molar-refractivity contribution in [3.63, 3.8) is 0 Å². The predicted octanol–water partition coefficient (Wildman–Crippen LogP) is 1.03. The van der Waals surface area contributed by atoms with Crippen LogP contribution in [0.3, 0.4) is 0 Å². The van der Waals surface area contributed by atoms with Gasteiger partial charge in [-0.15, -0.1) is 24.0 Å². The number of hydrogen-bond donors (Lipinski definition) is 2. The van der Waals surface area contributed by atoms with Crippen molar-refractivity contribution in [2.45, 2.75) is 45.2 Å². The molecule has 4 rings (SSSR count). The first kappa shape index (κ1) is 21.2. The molecule has 4 heterocycles. The van der Waals surface area contributed by atoms with E-state index in [1.807, 2.05) is 0 Å². The molecular weight excluding hydrogens is 427 g/mol. The SMILES string of the molecule is CCCN1CCC(NC(=NCC2CN3CCN2CC3)NCC)CC1.I. The van der Waals surface area contributed by atoms with E-state index in [0.717, 1.165) is 19.0 Å². The van der Waals surface area contributed by atoms with Gasteiger partial charge >= 0.3 is 0 Å². The monoisotopic (exact) mass is 464 g/mol. The van der Waals surface area contributed by atoms with Gasteiger partial charge in [0.1, 0.15) is 0 Å². The van der Waals surface area contributed by atoms with E-state index >= 15 is 0 Å². The Morgan fingerprint density at radius 3 is 2.32 bits per heavy atom. The van der Waals surface area contributed by atoms with Gasteiger partial charge in [0.2, 0.25) is 0 Å². The lowest BCUT2D eigenvalue weighted by Gasteiger charge is -2.47. The molecule has 146 valence electrons. The number of halogens is 1. The third kappa shape index (κ3) is 6.22. The van der Waals surface area contributed by atoms with E-state index in [-0.39, 0.29) is 24.0 Å². The zero-order valence-electron chi connectivity index (χ0n) is 16.0. The number of nitrogens with one attached hydrogen (secondary N) is 2. The number of piperidine rings is 1. The van der Waals surface area contributed by atoms with Crippen molar-refractivity contribution < 1.29 is 0 Å². The molecule has 4 fully saturated rings. The van der Waals surface area contributed by atoms with Gasteiger partial charge in [-0.3, -0.25) is 14.8 Å². The van der Waals surface area contributed by atoms with Gasteiger partial charge < -0.3 is 15.5 Å². The summed E-state index contributed by atoms with van der Waals surface area (Å²) in [6, 6.07) is 1.18. The number of hydrogen-bond acceptors (Lipinski definition) is 4. The van der Waals surface area contributed by atoms with Crippen molar-refractivity contribution in [1.29, 1.82) is 0 Å². The van der Waals surface area contributed by atoms with Gasteiger partial charge in [-0.2, -0.15) is 0 Å². The zero-order valence-corrected chi connectivity index (χ0v) is 18.4. The van der Waals surface area contributed by atoms with Gasteiger partial charge in [-0.05, 0) is 32.7 Å². The minimum absolute atomic E-state index is 0. The molecule has 0 aromatic rings. The average molecular weight is 464 g/mol. The van der Waals surface area contributed by atoms with Crippen molar-refractivity contribution >= 4 is 29.9 Å². The number of nitrogens with zero attached hydrogens (tertiary/aromatic N) is 4. The van der Waals surface area contributed by atoms with Crippen molar-refractivity contribution in [3.05, 3.63) is 0 Å². The quantitative estimate of drug-likeness (QED) is 0.350. The van der Waals surface area contributed by atoms with Crippen LogP contribution in [0.2, 0.25) is 0 Å². The van der Waals surface area contributed by atoms with Crippen molar-refractivity contribution in [3.8, 4) is 0 Å². The molecule has 2 N–H and O–H groups in total. The molecule has 1 unspecified atom stereocenters. The highest BCUT2D eigenvalue weighted by atomic mass is 127. The molecule has 0 aromatic heterocycles. The summed E-state index contributed by atoms with van der Waals surface area (Å²) in [4.78, 5) is 12.7. The molecule has 0 aromatic carbocycles. The summed E-state index contributed by atoms with van der Waals surface area (Å²) in [5, 5.41) is 7.13. The van der Waals surface area contributed by atoms with E-state index in [0.29, 0.717) is 12.1 Å². The van der Waals surface area contributed by atoms with E-state index in [2.05, 4.69) is 39.2 Å². The summed E-state index contributed by atoms with van der Waals surface area (Å²) in [7, 11) is 0. The Morgan fingerprint density at radius 2 is 1.76 bits per heavy atom. The summed E-state index contributed by atoms with van der Waals surface area (Å²) < 4.78 is 0. The van der Waals surface area contributed by atoms with Crippen molar-refractivity contribution in [2.75, 3.05) is 65.4 Å². The minimum atomic E-state index is 0. The number of aliphatic imine (C=N–C) groups is 1. The maximum atomic E-state index is 4.92. The Bertz CT molecular complexity index is 402. The minimum Gasteiger partial charge on any atom is -0.357 e. The van der Waals surface area contributed by atoms with Gasteiger partial charge in [-0.1, -0.05) is 6.92 Å². The van der Waals surface area contributed by atoms with E-state index in [1.165, 1.54) is 71.6 Å². The summed E-state index contributed by atoms with van der Waals surface area (Å²) >= 11 is 0. The van der Waals surface area contributed by atoms with E-state index < -0.39 is 0 Å². The third-order valence-corrected chi connectivity index (χ3v) is 5.66. The van der Waals surface area contributed by atoms with Crippen LogP contribution in [0.25, 0.3) is 0 Å². The number of guanidine groups is 1. The fourth-order valence-electron chi connectivity index (χ4n) is 4.22. The van der Waals surface area contributed by atoms with Crippen molar-refractivity contribution in [2.24, 2.45) is 4.99 Å². The van der Waals surface area contributed by atoms with Crippen LogP contribution >= 0.6 is 24.0 Å². The molecule has 0 radical (unpaired) electrons. The largest absolute Gasteiger partial charge is 0.357 e. The van der Waals surface area contributed by atoms with Gasteiger partial charge in [0.25, 0.3) is 0 Å². The van der Waals surface area contributed by atoms with E-state index in [9.17, 15) is 0 Å². The zero-order chi connectivity index (χ0) is 16.8. The normalized spacial score (nSPS) is 30.8. The fraction of sp³-hybridized carbons (Fsp3) is 0.944. The molecule has 25 heavy (non-hydrogen) atoms. The molecule has 2 bridgehead atoms. The van der Waals surface area contributed by atoms with Gasteiger partial charge in [0.15, 0.2) is 5.96 Å². The molecule has 0 spiro atoms. The Hall–Kier alpha value is -0.120. The second-order valence-electron chi connectivity index (χ2n) is 7.47. The molecule has 4 aliphatic rings. The first-order valence-corrected chi connectivity index (χ1v) is 10.0. The Balaban J connectivity index is 0.00000225. The van der Waals surface area contributed by atoms with Crippen LogP contribution < -0.4 is 10.6 Å². The summed E-state index contributed by atoms with van der Waals surface area (Å²) in [6.07, 6.45) is 3.72. The van der Waals surface area contributed by atoms with E-state index in [4.69, 9.17) is 4.99 Å². The molecule has 0 aliphatic carbocycles. The number of fused-ring (bicyclic) bond motifs is 3. The summed E-state index contributed by atoms with van der Waals surface area (Å²) in [5.74, 6) is 1.02. The smallest absolute Gasteiger partial charge is 0.191 e. The maximum Gasteiger partial charge on any atom is 0.191 e. The van der Waals surface area contributed by atoms with Gasteiger partial charge in [0, 0.05) is 64.4 Å². The lowest BCUT2D eigenvalue weighted by Crippen LogP contribution is -2.62. The van der Waals surface area contributed by atoms with Crippen LogP contribution in [0.5, 0.6) is 0 Å². The standard InChI is InChI=1S/C18H36N6.HI/c1-3-7-22-8-5-16(6-9-22)21-18(19-4-2)20-14-17-15-23-10-12-24(17)13-11-23;/h16-17H,3-15H2,1-2H3,(H2,19,20,21);1H. The van der Waals surface area contributed by atoms with Crippen LogP contribution in [-0.4, -0.2) is 98.2 Å². The lowest BCUT2D eigenvalue weighted by molar-refractivity contribution is 0.0174. The highest BCUT2D eigenvalue weighted by Gasteiger charge is 2.31. The Morgan fingerprint density at radius 1 is 1.04 bits per heavy atom. The van der Waals surface area contributed by atoms with Crippen LogP contribution in [0.1, 0.15) is 33.1 Å². The molecule has 4 aliphatic heterocycles. The molecular formula is C18H37IN6. The summed E-state index contributed by atoms with van der Waals surface area (Å²) in [5.41, 5.74) is 0. The van der Waals surface area contributed by atoms with Crippen LogP contribution in [0, 0.1) is 0 Å². The van der Waals surface area contributed by atoms with Gasteiger partial charge in [0.05, 0.1) is 6.54 Å². The molecule has 1 atom stereocenters. The highest BCUT2D eigenvalue weighted by molar-refractivity contribution is 14.0. The number of piperazine rings is 3. The van der Waals surface area contributed by atoms with Crippen LogP contribution in [0.15, 0.2) is 4.99 Å². The molecule has 0 amide bonds. The molecule has 0 saturated carbocycles. The van der Waals surface area contributed by atoms with E-state index in [1.54, 1.807) is 0 Å². The van der Waals surface area contributed by atoms with Crippen molar-refractivity contribution in [1.82, 2.24) is 25.3 Å². The topological polar surface area (TPSA) is 46.1 Å². The van der Waals surface area contributed by atoms with Crippen LogP contribution in [0.4, 0.5) is 0 Å². The Labute approximate surface area is 170 Å². The first-order valence-electron chi connectivity index (χ1n) is 10.0. The Kier molecular flexibility index (Phi) is 9.23. The third-order valence-electron chi connectivity index (χ3n) is 5.66.